The van der Waals surface area contributed by atoms with E-state index >= 15 is 0 Å². The number of rotatable bonds is 6. The SMILES string of the molecule is CN(Cc1ccco1)CC(C)(CO)CO. The molecule has 0 radical (unpaired) electrons. The molecule has 0 saturated heterocycles. The van der Waals surface area contributed by atoms with E-state index in [0.717, 1.165) is 5.76 Å². The molecule has 0 aliphatic carbocycles. The molecule has 0 bridgehead atoms. The Morgan fingerprint density at radius 3 is 2.53 bits per heavy atom. The Hall–Kier alpha value is -0.840. The Morgan fingerprint density at radius 1 is 1.40 bits per heavy atom. The van der Waals surface area contributed by atoms with E-state index < -0.39 is 5.41 Å². The predicted octanol–water partition coefficient (Wildman–Crippen LogP) is 0.702. The molecule has 4 heteroatoms. The topological polar surface area (TPSA) is 56.8 Å². The van der Waals surface area contributed by atoms with Gasteiger partial charge in [-0.25, -0.2) is 0 Å². The van der Waals surface area contributed by atoms with Crippen molar-refractivity contribution in [1.29, 1.82) is 0 Å². The van der Waals surface area contributed by atoms with Gasteiger partial charge in [-0.3, -0.25) is 4.90 Å². The molecular weight excluding hydrogens is 194 g/mol. The van der Waals surface area contributed by atoms with Crippen molar-refractivity contribution in [2.24, 2.45) is 5.41 Å². The third-order valence-corrected chi connectivity index (χ3v) is 2.42. The summed E-state index contributed by atoms with van der Waals surface area (Å²) in [7, 11) is 1.94. The third kappa shape index (κ3) is 3.66. The van der Waals surface area contributed by atoms with Crippen LogP contribution < -0.4 is 0 Å². The summed E-state index contributed by atoms with van der Waals surface area (Å²) >= 11 is 0. The van der Waals surface area contributed by atoms with Crippen LogP contribution in [0.3, 0.4) is 0 Å². The Kier molecular flexibility index (Phi) is 4.32. The second-order valence-electron chi connectivity index (χ2n) is 4.38. The fourth-order valence-corrected chi connectivity index (χ4v) is 1.53. The van der Waals surface area contributed by atoms with Crippen LogP contribution >= 0.6 is 0 Å². The summed E-state index contributed by atoms with van der Waals surface area (Å²) < 4.78 is 5.22. The van der Waals surface area contributed by atoms with E-state index in [1.165, 1.54) is 0 Å². The highest BCUT2D eigenvalue weighted by Crippen LogP contribution is 2.16. The number of aliphatic hydroxyl groups is 2. The maximum Gasteiger partial charge on any atom is 0.117 e. The van der Waals surface area contributed by atoms with Gasteiger partial charge >= 0.3 is 0 Å². The first-order chi connectivity index (χ1) is 7.09. The molecule has 15 heavy (non-hydrogen) atoms. The summed E-state index contributed by atoms with van der Waals surface area (Å²) in [6.07, 6.45) is 1.64. The molecule has 2 N–H and O–H groups in total. The molecule has 1 aromatic heterocycles. The molecule has 0 unspecified atom stereocenters. The third-order valence-electron chi connectivity index (χ3n) is 2.42. The molecule has 0 amide bonds. The monoisotopic (exact) mass is 213 g/mol. The normalized spacial score (nSPS) is 12.3. The number of hydrogen-bond acceptors (Lipinski definition) is 4. The molecular formula is C11H19NO3. The second kappa shape index (κ2) is 5.30. The largest absolute Gasteiger partial charge is 0.468 e. The number of furan rings is 1. The van der Waals surface area contributed by atoms with Gasteiger partial charge in [-0.15, -0.1) is 0 Å². The second-order valence-corrected chi connectivity index (χ2v) is 4.38. The van der Waals surface area contributed by atoms with Crippen molar-refractivity contribution in [2.75, 3.05) is 26.8 Å². The van der Waals surface area contributed by atoms with E-state index in [1.54, 1.807) is 6.26 Å². The molecule has 0 spiro atoms. The maximum atomic E-state index is 9.15. The van der Waals surface area contributed by atoms with E-state index in [1.807, 2.05) is 31.0 Å². The van der Waals surface area contributed by atoms with Gasteiger partial charge in [0.25, 0.3) is 0 Å². The summed E-state index contributed by atoms with van der Waals surface area (Å²) in [5.74, 6) is 0.885. The van der Waals surface area contributed by atoms with Crippen LogP contribution in [0, 0.1) is 5.41 Å². The number of aliphatic hydroxyl groups excluding tert-OH is 2. The zero-order chi connectivity index (χ0) is 11.3. The molecule has 0 aliphatic rings. The summed E-state index contributed by atoms with van der Waals surface area (Å²) in [6.45, 7) is 3.12. The minimum Gasteiger partial charge on any atom is -0.468 e. The summed E-state index contributed by atoms with van der Waals surface area (Å²) in [6, 6.07) is 3.76. The first-order valence-electron chi connectivity index (χ1n) is 5.02. The van der Waals surface area contributed by atoms with Gasteiger partial charge in [0.15, 0.2) is 0 Å². The van der Waals surface area contributed by atoms with Crippen molar-refractivity contribution in [1.82, 2.24) is 4.90 Å². The average molecular weight is 213 g/mol. The van der Waals surface area contributed by atoms with Crippen LogP contribution in [-0.2, 0) is 6.54 Å². The van der Waals surface area contributed by atoms with Gasteiger partial charge in [0.1, 0.15) is 5.76 Å². The van der Waals surface area contributed by atoms with Gasteiger partial charge in [0.2, 0.25) is 0 Å². The Labute approximate surface area is 90.1 Å². The smallest absolute Gasteiger partial charge is 0.117 e. The highest BCUT2D eigenvalue weighted by Gasteiger charge is 2.24. The van der Waals surface area contributed by atoms with Gasteiger partial charge in [-0.1, -0.05) is 6.92 Å². The van der Waals surface area contributed by atoms with Crippen LogP contribution in [0.25, 0.3) is 0 Å². The molecule has 1 heterocycles. The van der Waals surface area contributed by atoms with Crippen molar-refractivity contribution in [3.63, 3.8) is 0 Å². The van der Waals surface area contributed by atoms with Gasteiger partial charge in [0, 0.05) is 12.0 Å². The number of nitrogens with zero attached hydrogens (tertiary/aromatic N) is 1. The van der Waals surface area contributed by atoms with Gasteiger partial charge in [-0.05, 0) is 19.2 Å². The van der Waals surface area contributed by atoms with E-state index in [4.69, 9.17) is 14.6 Å². The van der Waals surface area contributed by atoms with Crippen LogP contribution in [-0.4, -0.2) is 41.9 Å². The highest BCUT2D eigenvalue weighted by atomic mass is 16.3. The highest BCUT2D eigenvalue weighted by molar-refractivity contribution is 4.97. The first kappa shape index (κ1) is 12.2. The van der Waals surface area contributed by atoms with Crippen LogP contribution in [0.4, 0.5) is 0 Å². The lowest BCUT2D eigenvalue weighted by molar-refractivity contribution is 0.0387. The average Bonchev–Trinajstić information content (AvgIpc) is 2.70. The van der Waals surface area contributed by atoms with Gasteiger partial charge in [-0.2, -0.15) is 0 Å². The molecule has 0 atom stereocenters. The predicted molar refractivity (Wildman–Crippen MR) is 57.3 cm³/mol. The van der Waals surface area contributed by atoms with Gasteiger partial charge in [0.05, 0.1) is 26.0 Å². The van der Waals surface area contributed by atoms with Crippen LogP contribution in [0.2, 0.25) is 0 Å². The van der Waals surface area contributed by atoms with E-state index in [9.17, 15) is 0 Å². The fraction of sp³-hybridized carbons (Fsp3) is 0.636. The quantitative estimate of drug-likeness (QED) is 0.730. The summed E-state index contributed by atoms with van der Waals surface area (Å²) in [5.41, 5.74) is -0.457. The van der Waals surface area contributed by atoms with Crippen LogP contribution in [0.15, 0.2) is 22.8 Å². The molecule has 1 rings (SSSR count). The molecule has 4 nitrogen and oxygen atoms in total. The zero-order valence-corrected chi connectivity index (χ0v) is 9.31. The zero-order valence-electron chi connectivity index (χ0n) is 9.31. The van der Waals surface area contributed by atoms with Crippen LogP contribution in [0.1, 0.15) is 12.7 Å². The van der Waals surface area contributed by atoms with Crippen LogP contribution in [0.5, 0.6) is 0 Å². The Bertz CT molecular complexity index is 267. The summed E-state index contributed by atoms with van der Waals surface area (Å²) in [4.78, 5) is 2.02. The lowest BCUT2D eigenvalue weighted by Crippen LogP contribution is -2.38. The minimum absolute atomic E-state index is 0.0218. The molecule has 1 aromatic rings. The number of hydrogen-bond donors (Lipinski definition) is 2. The van der Waals surface area contributed by atoms with Crippen molar-refractivity contribution in [3.05, 3.63) is 24.2 Å². The van der Waals surface area contributed by atoms with E-state index in [2.05, 4.69) is 0 Å². The van der Waals surface area contributed by atoms with E-state index in [-0.39, 0.29) is 13.2 Å². The Balaban J connectivity index is 2.44. The molecule has 0 aliphatic heterocycles. The lowest BCUT2D eigenvalue weighted by Gasteiger charge is -2.29. The molecule has 0 aromatic carbocycles. The van der Waals surface area contributed by atoms with Gasteiger partial charge < -0.3 is 14.6 Å². The van der Waals surface area contributed by atoms with E-state index in [0.29, 0.717) is 13.1 Å². The molecule has 0 fully saturated rings. The minimum atomic E-state index is -0.457. The lowest BCUT2D eigenvalue weighted by atomic mass is 9.92. The summed E-state index contributed by atoms with van der Waals surface area (Å²) in [5, 5.41) is 18.3. The first-order valence-corrected chi connectivity index (χ1v) is 5.02. The Morgan fingerprint density at radius 2 is 2.07 bits per heavy atom. The van der Waals surface area contributed by atoms with Crippen molar-refractivity contribution < 1.29 is 14.6 Å². The standard InChI is InChI=1S/C11H19NO3/c1-11(8-13,9-14)7-12(2)6-10-4-3-5-15-10/h3-5,13-14H,6-9H2,1-2H3. The van der Waals surface area contributed by atoms with Crippen molar-refractivity contribution in [3.8, 4) is 0 Å². The maximum absolute atomic E-state index is 9.15. The molecule has 86 valence electrons. The van der Waals surface area contributed by atoms with Crippen molar-refractivity contribution >= 4 is 0 Å². The van der Waals surface area contributed by atoms with Crippen molar-refractivity contribution in [2.45, 2.75) is 13.5 Å². The fourth-order valence-electron chi connectivity index (χ4n) is 1.53. The molecule has 0 saturated carbocycles.